The molecule has 2 fully saturated rings. The second-order valence-corrected chi connectivity index (χ2v) is 5.66. The zero-order valence-corrected chi connectivity index (χ0v) is 11.2. The van der Waals surface area contributed by atoms with Gasteiger partial charge in [0.1, 0.15) is 5.69 Å². The molecule has 0 saturated carbocycles. The number of aromatic nitrogens is 1. The van der Waals surface area contributed by atoms with Crippen molar-refractivity contribution in [3.63, 3.8) is 0 Å². The van der Waals surface area contributed by atoms with Gasteiger partial charge < -0.3 is 14.7 Å². The average molecular weight is 271 g/mol. The average Bonchev–Trinajstić information content (AvgIpc) is 3.13. The van der Waals surface area contributed by atoms with Crippen LogP contribution in [0.15, 0.2) is 28.8 Å². The van der Waals surface area contributed by atoms with Crippen molar-refractivity contribution >= 4 is 16.9 Å². The molecule has 2 saturated heterocycles. The lowest BCUT2D eigenvalue weighted by Gasteiger charge is -2.23. The van der Waals surface area contributed by atoms with Gasteiger partial charge in [0.15, 0.2) is 5.58 Å². The zero-order chi connectivity index (χ0) is 13.5. The molecular weight excluding hydrogens is 254 g/mol. The largest absolute Gasteiger partial charge is 0.356 e. The Morgan fingerprint density at radius 1 is 1.40 bits per heavy atom. The molecular formula is C15H17N3O2. The number of nitrogens with zero attached hydrogens (tertiary/aromatic N) is 2. The first-order valence-electron chi connectivity index (χ1n) is 7.16. The molecule has 2 unspecified atom stereocenters. The summed E-state index contributed by atoms with van der Waals surface area (Å²) >= 11 is 0. The van der Waals surface area contributed by atoms with E-state index in [4.69, 9.17) is 4.52 Å². The molecule has 20 heavy (non-hydrogen) atoms. The number of carbonyl (C=O) groups excluding carboxylic acids is 1. The standard InChI is InChI=1S/C15H17N3O2/c19-15(18-6-5-10-8-16-9-13(10)18)7-12-11-3-1-2-4-14(11)20-17-12/h1-4,10,13,16H,5-9H2. The maximum Gasteiger partial charge on any atom is 0.229 e. The van der Waals surface area contributed by atoms with Crippen molar-refractivity contribution in [3.05, 3.63) is 30.0 Å². The normalized spacial score (nSPS) is 25.3. The fourth-order valence-corrected chi connectivity index (χ4v) is 3.47. The van der Waals surface area contributed by atoms with Gasteiger partial charge in [-0.2, -0.15) is 0 Å². The summed E-state index contributed by atoms with van der Waals surface area (Å²) in [5, 5.41) is 8.37. The van der Waals surface area contributed by atoms with Crippen molar-refractivity contribution in [2.45, 2.75) is 18.9 Å². The van der Waals surface area contributed by atoms with Crippen LogP contribution in [0, 0.1) is 5.92 Å². The van der Waals surface area contributed by atoms with Gasteiger partial charge in [0.2, 0.25) is 5.91 Å². The molecule has 1 N–H and O–H groups in total. The summed E-state index contributed by atoms with van der Waals surface area (Å²) in [5.74, 6) is 0.799. The Kier molecular flexibility index (Phi) is 2.73. The van der Waals surface area contributed by atoms with E-state index >= 15 is 0 Å². The fourth-order valence-electron chi connectivity index (χ4n) is 3.47. The number of amides is 1. The van der Waals surface area contributed by atoms with Gasteiger partial charge in [0, 0.05) is 31.1 Å². The maximum atomic E-state index is 12.5. The molecule has 3 heterocycles. The number of benzene rings is 1. The molecule has 2 aliphatic rings. The lowest BCUT2D eigenvalue weighted by Crippen LogP contribution is -2.39. The number of hydrogen-bond donors (Lipinski definition) is 1. The number of likely N-dealkylation sites (tertiary alicyclic amines) is 1. The van der Waals surface area contributed by atoms with Crippen LogP contribution in [-0.2, 0) is 11.2 Å². The van der Waals surface area contributed by atoms with E-state index in [9.17, 15) is 4.79 Å². The van der Waals surface area contributed by atoms with Gasteiger partial charge in [-0.15, -0.1) is 0 Å². The molecule has 0 bridgehead atoms. The molecule has 0 spiro atoms. The van der Waals surface area contributed by atoms with Crippen LogP contribution in [-0.4, -0.2) is 41.6 Å². The molecule has 1 aromatic carbocycles. The third-order valence-corrected chi connectivity index (χ3v) is 4.54. The van der Waals surface area contributed by atoms with Gasteiger partial charge in [-0.05, 0) is 24.5 Å². The van der Waals surface area contributed by atoms with Gasteiger partial charge in [0.05, 0.1) is 6.42 Å². The lowest BCUT2D eigenvalue weighted by atomic mass is 10.0. The summed E-state index contributed by atoms with van der Waals surface area (Å²) in [5.41, 5.74) is 1.50. The monoisotopic (exact) mass is 271 g/mol. The third kappa shape index (κ3) is 1.81. The highest BCUT2D eigenvalue weighted by atomic mass is 16.5. The van der Waals surface area contributed by atoms with Crippen LogP contribution in [0.3, 0.4) is 0 Å². The molecule has 0 aliphatic carbocycles. The van der Waals surface area contributed by atoms with Crippen LogP contribution >= 0.6 is 0 Å². The molecule has 2 aliphatic heterocycles. The van der Waals surface area contributed by atoms with Crippen LogP contribution in [0.5, 0.6) is 0 Å². The van der Waals surface area contributed by atoms with E-state index in [1.807, 2.05) is 29.2 Å². The van der Waals surface area contributed by atoms with Crippen molar-refractivity contribution in [2.75, 3.05) is 19.6 Å². The summed E-state index contributed by atoms with van der Waals surface area (Å²) in [7, 11) is 0. The molecule has 1 aromatic heterocycles. The minimum absolute atomic E-state index is 0.167. The van der Waals surface area contributed by atoms with E-state index < -0.39 is 0 Å². The van der Waals surface area contributed by atoms with Crippen molar-refractivity contribution in [1.29, 1.82) is 0 Å². The van der Waals surface area contributed by atoms with Gasteiger partial charge in [-0.25, -0.2) is 0 Å². The summed E-state index contributed by atoms with van der Waals surface area (Å²) in [6, 6.07) is 8.07. The van der Waals surface area contributed by atoms with Crippen molar-refractivity contribution in [1.82, 2.24) is 15.4 Å². The van der Waals surface area contributed by atoms with Crippen molar-refractivity contribution in [3.8, 4) is 0 Å². The van der Waals surface area contributed by atoms with Crippen LogP contribution < -0.4 is 5.32 Å². The summed E-state index contributed by atoms with van der Waals surface area (Å²) in [6.45, 7) is 2.85. The van der Waals surface area contributed by atoms with E-state index in [0.29, 0.717) is 18.4 Å². The predicted molar refractivity (Wildman–Crippen MR) is 74.2 cm³/mol. The van der Waals surface area contributed by atoms with Gasteiger partial charge >= 0.3 is 0 Å². The first kappa shape index (κ1) is 11.9. The second-order valence-electron chi connectivity index (χ2n) is 5.66. The van der Waals surface area contributed by atoms with E-state index in [1.54, 1.807) is 0 Å². The smallest absolute Gasteiger partial charge is 0.229 e. The Labute approximate surface area is 116 Å². The Hall–Kier alpha value is -1.88. The van der Waals surface area contributed by atoms with Crippen molar-refractivity contribution in [2.24, 2.45) is 5.92 Å². The molecule has 104 valence electrons. The molecule has 4 rings (SSSR count). The van der Waals surface area contributed by atoms with Crippen LogP contribution in [0.4, 0.5) is 0 Å². The van der Waals surface area contributed by atoms with Crippen molar-refractivity contribution < 1.29 is 9.32 Å². The summed E-state index contributed by atoms with van der Waals surface area (Å²) in [4.78, 5) is 14.5. The highest BCUT2D eigenvalue weighted by Crippen LogP contribution is 2.28. The number of para-hydroxylation sites is 1. The highest BCUT2D eigenvalue weighted by molar-refractivity contribution is 5.86. The van der Waals surface area contributed by atoms with Gasteiger partial charge in [0.25, 0.3) is 0 Å². The second kappa shape index (κ2) is 4.59. The van der Waals surface area contributed by atoms with E-state index in [-0.39, 0.29) is 5.91 Å². The molecule has 2 atom stereocenters. The van der Waals surface area contributed by atoms with Gasteiger partial charge in [-0.3, -0.25) is 4.79 Å². The highest BCUT2D eigenvalue weighted by Gasteiger charge is 2.39. The van der Waals surface area contributed by atoms with E-state index in [0.717, 1.165) is 42.7 Å². The maximum absolute atomic E-state index is 12.5. The van der Waals surface area contributed by atoms with Crippen LogP contribution in [0.25, 0.3) is 11.0 Å². The minimum Gasteiger partial charge on any atom is -0.356 e. The lowest BCUT2D eigenvalue weighted by molar-refractivity contribution is -0.131. The number of nitrogens with one attached hydrogen (secondary N) is 1. The summed E-state index contributed by atoms with van der Waals surface area (Å²) in [6.07, 6.45) is 1.45. The van der Waals surface area contributed by atoms with E-state index in [2.05, 4.69) is 10.5 Å². The Balaban J connectivity index is 1.55. The molecule has 0 radical (unpaired) electrons. The third-order valence-electron chi connectivity index (χ3n) is 4.54. The first-order chi connectivity index (χ1) is 9.83. The quantitative estimate of drug-likeness (QED) is 0.891. The Bertz CT molecular complexity index is 651. The molecule has 2 aromatic rings. The predicted octanol–water partition coefficient (Wildman–Crippen LogP) is 1.19. The number of hydrogen-bond acceptors (Lipinski definition) is 4. The molecule has 5 nitrogen and oxygen atoms in total. The summed E-state index contributed by atoms with van der Waals surface area (Å²) < 4.78 is 5.27. The molecule has 5 heteroatoms. The Morgan fingerprint density at radius 3 is 3.25 bits per heavy atom. The topological polar surface area (TPSA) is 58.4 Å². The van der Waals surface area contributed by atoms with Crippen LogP contribution in [0.2, 0.25) is 0 Å². The fraction of sp³-hybridized carbons (Fsp3) is 0.467. The van der Waals surface area contributed by atoms with Crippen LogP contribution in [0.1, 0.15) is 12.1 Å². The van der Waals surface area contributed by atoms with Gasteiger partial charge in [-0.1, -0.05) is 17.3 Å². The number of carbonyl (C=O) groups is 1. The Morgan fingerprint density at radius 2 is 2.30 bits per heavy atom. The zero-order valence-electron chi connectivity index (χ0n) is 11.2. The first-order valence-corrected chi connectivity index (χ1v) is 7.16. The number of rotatable bonds is 2. The number of fused-ring (bicyclic) bond motifs is 2. The molecule has 1 amide bonds. The SMILES string of the molecule is O=C(Cc1noc2ccccc12)N1CCC2CNCC21. The minimum atomic E-state index is 0.167. The van der Waals surface area contributed by atoms with E-state index in [1.165, 1.54) is 0 Å².